The maximum Gasteiger partial charge on any atom is 0.317 e. The molecule has 1 aliphatic heterocycles. The number of carboxylic acid groups (broad SMARTS) is 1. The summed E-state index contributed by atoms with van der Waals surface area (Å²) in [5, 5.41) is 27.1. The minimum absolute atomic E-state index is 0.0328. The fourth-order valence-electron chi connectivity index (χ4n) is 2.28. The number of β-amino-alcohol motifs (C(OH)–C–C–N with tert-alkyl or cyclic N) is 2. The highest BCUT2D eigenvalue weighted by Gasteiger charge is 2.19. The molecule has 1 rings (SSSR count). The van der Waals surface area contributed by atoms with Crippen LogP contribution in [0.4, 0.5) is 0 Å². The summed E-state index contributed by atoms with van der Waals surface area (Å²) in [7, 11) is 0. The molecule has 0 saturated carbocycles. The second-order valence-electron chi connectivity index (χ2n) is 5.08. The summed E-state index contributed by atoms with van der Waals surface area (Å²) in [6, 6.07) is 0. The van der Waals surface area contributed by atoms with Gasteiger partial charge in [0.05, 0.1) is 13.1 Å². The lowest BCUT2D eigenvalue weighted by Crippen LogP contribution is -2.41. The van der Waals surface area contributed by atoms with Crippen molar-refractivity contribution in [2.75, 3.05) is 58.9 Å². The normalized spacial score (nSPS) is 20.0. The van der Waals surface area contributed by atoms with Gasteiger partial charge in [0.15, 0.2) is 6.29 Å². The van der Waals surface area contributed by atoms with Crippen LogP contribution < -0.4 is 0 Å². The van der Waals surface area contributed by atoms with Crippen molar-refractivity contribution in [3.05, 3.63) is 0 Å². The predicted molar refractivity (Wildman–Crippen MR) is 84.2 cm³/mol. The van der Waals surface area contributed by atoms with Crippen molar-refractivity contribution in [2.24, 2.45) is 0 Å². The lowest BCUT2D eigenvalue weighted by atomic mass is 10.4. The van der Waals surface area contributed by atoms with Crippen molar-refractivity contribution in [1.82, 2.24) is 14.7 Å². The fourth-order valence-corrected chi connectivity index (χ4v) is 2.76. The molecule has 0 amide bonds. The average Bonchev–Trinajstić information content (AvgIpc) is 2.42. The first-order valence-corrected chi connectivity index (χ1v) is 7.88. The van der Waals surface area contributed by atoms with Crippen molar-refractivity contribution in [3.8, 4) is 0 Å². The van der Waals surface area contributed by atoms with Gasteiger partial charge < -0.3 is 15.3 Å². The van der Waals surface area contributed by atoms with Gasteiger partial charge in [0.25, 0.3) is 0 Å². The highest BCUT2D eigenvalue weighted by Crippen LogP contribution is 2.03. The first kappa shape index (κ1) is 18.7. The Kier molecular flexibility index (Phi) is 8.59. The Morgan fingerprint density at radius 1 is 0.905 bits per heavy atom. The van der Waals surface area contributed by atoms with Crippen molar-refractivity contribution in [3.63, 3.8) is 0 Å². The molecule has 0 spiro atoms. The molecule has 1 heterocycles. The van der Waals surface area contributed by atoms with E-state index in [1.54, 1.807) is 27.5 Å². The van der Waals surface area contributed by atoms with Gasteiger partial charge in [-0.2, -0.15) is 0 Å². The topological polar surface area (TPSA) is 105 Å². The zero-order valence-corrected chi connectivity index (χ0v) is 14.0. The third-order valence-electron chi connectivity index (χ3n) is 3.33. The van der Waals surface area contributed by atoms with E-state index >= 15 is 0 Å². The third-order valence-corrected chi connectivity index (χ3v) is 3.67. The van der Waals surface area contributed by atoms with Gasteiger partial charge in [-0.15, -0.1) is 0 Å². The summed E-state index contributed by atoms with van der Waals surface area (Å²) in [5.74, 6) is -0.889. The average molecular weight is 415 g/mol. The van der Waals surface area contributed by atoms with Crippen LogP contribution in [0.3, 0.4) is 0 Å². The van der Waals surface area contributed by atoms with E-state index in [2.05, 4.69) is 0 Å². The Bertz CT molecular complexity index is 328. The molecule has 3 N–H and O–H groups in total. The van der Waals surface area contributed by atoms with Crippen LogP contribution in [0.2, 0.25) is 0 Å². The molecule has 0 radical (unpaired) electrons. The molecule has 1 saturated heterocycles. The molecule has 0 bridgehead atoms. The van der Waals surface area contributed by atoms with Crippen molar-refractivity contribution in [2.45, 2.75) is 6.29 Å². The lowest BCUT2D eigenvalue weighted by molar-refractivity contribution is -0.138. The number of hydrogen-bond donors (Lipinski definition) is 3. The van der Waals surface area contributed by atoms with Gasteiger partial charge in [0.2, 0.25) is 3.79 Å². The van der Waals surface area contributed by atoms with E-state index in [-0.39, 0.29) is 16.9 Å². The number of aliphatic carboxylic acids is 1. The molecule has 0 unspecified atom stereocenters. The Labute approximate surface area is 137 Å². The van der Waals surface area contributed by atoms with Crippen LogP contribution in [-0.2, 0) is 9.59 Å². The Balaban J connectivity index is 2.66. The smallest absolute Gasteiger partial charge is 0.317 e. The maximum absolute atomic E-state index is 11.3. The second kappa shape index (κ2) is 9.64. The SMILES string of the molecule is O=C(O)CN1CCN(CC(=O)I)CCN(CC(O)O)CC1. The Hall–Kier alpha value is -0.330. The van der Waals surface area contributed by atoms with Crippen LogP contribution in [0.15, 0.2) is 0 Å². The van der Waals surface area contributed by atoms with E-state index in [1.807, 2.05) is 9.80 Å². The lowest BCUT2D eigenvalue weighted by Gasteiger charge is -2.25. The van der Waals surface area contributed by atoms with E-state index in [4.69, 9.17) is 15.3 Å². The largest absolute Gasteiger partial charge is 0.480 e. The number of carboxylic acids is 1. The number of hydrogen-bond acceptors (Lipinski definition) is 7. The Morgan fingerprint density at radius 3 is 1.71 bits per heavy atom. The summed E-state index contributed by atoms with van der Waals surface area (Å²) in [5.41, 5.74) is 0. The first-order valence-electron chi connectivity index (χ1n) is 6.80. The van der Waals surface area contributed by atoms with Gasteiger partial charge in [-0.25, -0.2) is 0 Å². The number of aliphatic hydroxyl groups excluding tert-OH is 1. The Morgan fingerprint density at radius 2 is 1.33 bits per heavy atom. The van der Waals surface area contributed by atoms with Gasteiger partial charge in [0, 0.05) is 68.4 Å². The minimum Gasteiger partial charge on any atom is -0.480 e. The molecular formula is C12H22IN3O5. The van der Waals surface area contributed by atoms with Crippen molar-refractivity contribution in [1.29, 1.82) is 0 Å². The number of carbonyl (C=O) groups excluding carboxylic acids is 1. The van der Waals surface area contributed by atoms with Crippen molar-refractivity contribution < 1.29 is 24.9 Å². The van der Waals surface area contributed by atoms with Crippen LogP contribution in [-0.4, -0.2) is 105 Å². The predicted octanol–water partition coefficient (Wildman–Crippen LogP) is -1.74. The van der Waals surface area contributed by atoms with Crippen LogP contribution in [0, 0.1) is 0 Å². The monoisotopic (exact) mass is 415 g/mol. The quantitative estimate of drug-likeness (QED) is 0.267. The molecule has 122 valence electrons. The van der Waals surface area contributed by atoms with Gasteiger partial charge in [-0.05, 0) is 0 Å². The molecule has 0 aromatic carbocycles. The van der Waals surface area contributed by atoms with E-state index in [9.17, 15) is 9.59 Å². The number of halogens is 1. The summed E-state index contributed by atoms with van der Waals surface area (Å²) in [6.45, 7) is 3.95. The molecule has 0 aromatic rings. The maximum atomic E-state index is 11.3. The highest BCUT2D eigenvalue weighted by molar-refractivity contribution is 14.1. The number of nitrogens with zero attached hydrogens (tertiary/aromatic N) is 3. The third kappa shape index (κ3) is 8.63. The molecule has 0 aliphatic carbocycles. The zero-order chi connectivity index (χ0) is 15.8. The summed E-state index contributed by atoms with van der Waals surface area (Å²) >= 11 is 1.75. The standard InChI is InChI=1S/C12H22IN3O5/c13-10(17)7-14-1-3-15(8-11(18)19)5-6-16(4-2-14)9-12(20)21/h11,18-19H,1-9H2,(H,20,21). The molecule has 1 fully saturated rings. The van der Waals surface area contributed by atoms with Crippen molar-refractivity contribution >= 4 is 32.4 Å². The molecular weight excluding hydrogens is 393 g/mol. The first-order chi connectivity index (χ1) is 9.86. The van der Waals surface area contributed by atoms with Crippen LogP contribution in [0.5, 0.6) is 0 Å². The van der Waals surface area contributed by atoms with E-state index in [0.29, 0.717) is 45.8 Å². The summed E-state index contributed by atoms with van der Waals surface area (Å²) in [4.78, 5) is 27.8. The molecule has 21 heavy (non-hydrogen) atoms. The molecule has 0 atom stereocenters. The summed E-state index contributed by atoms with van der Waals surface area (Å²) in [6.07, 6.45) is -1.42. The highest BCUT2D eigenvalue weighted by atomic mass is 127. The van der Waals surface area contributed by atoms with E-state index in [1.165, 1.54) is 0 Å². The van der Waals surface area contributed by atoms with Gasteiger partial charge in [0.1, 0.15) is 0 Å². The number of rotatable bonds is 6. The minimum atomic E-state index is -1.42. The van der Waals surface area contributed by atoms with Gasteiger partial charge in [-0.3, -0.25) is 24.3 Å². The molecule has 8 nitrogen and oxygen atoms in total. The van der Waals surface area contributed by atoms with Gasteiger partial charge >= 0.3 is 5.97 Å². The number of carbonyl (C=O) groups is 2. The fraction of sp³-hybridized carbons (Fsp3) is 0.833. The van der Waals surface area contributed by atoms with E-state index in [0.717, 1.165) is 0 Å². The zero-order valence-electron chi connectivity index (χ0n) is 11.8. The number of aliphatic hydroxyl groups is 2. The summed E-state index contributed by atoms with van der Waals surface area (Å²) < 4.78 is 0.0328. The molecule has 1 aliphatic rings. The second-order valence-corrected chi connectivity index (χ2v) is 6.29. The van der Waals surface area contributed by atoms with Crippen LogP contribution in [0.25, 0.3) is 0 Å². The molecule has 9 heteroatoms. The van der Waals surface area contributed by atoms with Gasteiger partial charge in [-0.1, -0.05) is 0 Å². The molecule has 0 aromatic heterocycles. The van der Waals surface area contributed by atoms with Crippen LogP contribution in [0.1, 0.15) is 0 Å². The van der Waals surface area contributed by atoms with E-state index < -0.39 is 12.3 Å². The van der Waals surface area contributed by atoms with Crippen LogP contribution >= 0.6 is 22.6 Å².